The molecule has 3 aromatic carbocycles. The second-order valence-electron chi connectivity index (χ2n) is 9.44. The quantitative estimate of drug-likeness (QED) is 0.212. The van der Waals surface area contributed by atoms with Crippen LogP contribution in [0.25, 0.3) is 10.9 Å². The summed E-state index contributed by atoms with van der Waals surface area (Å²) in [7, 11) is 0. The summed E-state index contributed by atoms with van der Waals surface area (Å²) in [6, 6.07) is 21.7. The minimum absolute atomic E-state index is 0.0661. The molecule has 0 aliphatic heterocycles. The minimum Gasteiger partial charge on any atom is -0.361 e. The molecule has 0 fully saturated rings. The van der Waals surface area contributed by atoms with Gasteiger partial charge in [0.15, 0.2) is 0 Å². The number of rotatable bonds is 11. The van der Waals surface area contributed by atoms with Crippen molar-refractivity contribution in [2.75, 3.05) is 19.6 Å². The van der Waals surface area contributed by atoms with Gasteiger partial charge in [-0.25, -0.2) is 0 Å². The van der Waals surface area contributed by atoms with Crippen LogP contribution in [0.3, 0.4) is 0 Å². The molecule has 0 unspecified atom stereocenters. The number of aryl methyl sites for hydroxylation is 1. The number of nitrogens with zero attached hydrogens (tertiary/aromatic N) is 3. The van der Waals surface area contributed by atoms with Gasteiger partial charge in [0.2, 0.25) is 5.91 Å². The van der Waals surface area contributed by atoms with Gasteiger partial charge in [-0.2, -0.15) is 0 Å². The van der Waals surface area contributed by atoms with E-state index >= 15 is 0 Å². The van der Waals surface area contributed by atoms with E-state index in [2.05, 4.69) is 11.1 Å². The first-order chi connectivity index (χ1) is 18.4. The maximum absolute atomic E-state index is 13.6. The second-order valence-corrected chi connectivity index (χ2v) is 9.44. The lowest BCUT2D eigenvalue weighted by Crippen LogP contribution is -2.43. The van der Waals surface area contributed by atoms with Gasteiger partial charge >= 0.3 is 0 Å². The molecular formula is C30H32N4O4. The zero-order valence-electron chi connectivity index (χ0n) is 21.7. The third kappa shape index (κ3) is 6.45. The maximum Gasteiger partial charge on any atom is 0.269 e. The molecule has 4 rings (SSSR count). The van der Waals surface area contributed by atoms with Gasteiger partial charge in [-0.15, -0.1) is 0 Å². The lowest BCUT2D eigenvalue weighted by molar-refractivity contribution is -0.384. The zero-order valence-corrected chi connectivity index (χ0v) is 21.7. The van der Waals surface area contributed by atoms with Crippen molar-refractivity contribution in [2.24, 2.45) is 0 Å². The van der Waals surface area contributed by atoms with Crippen molar-refractivity contribution in [3.63, 3.8) is 0 Å². The molecule has 2 amide bonds. The van der Waals surface area contributed by atoms with Gasteiger partial charge in [-0.05, 0) is 49.1 Å². The number of H-pyrrole nitrogens is 1. The van der Waals surface area contributed by atoms with E-state index in [9.17, 15) is 19.7 Å². The first kappa shape index (κ1) is 26.6. The number of fused-ring (bicyclic) bond motifs is 1. The van der Waals surface area contributed by atoms with Crippen LogP contribution in [-0.4, -0.2) is 51.2 Å². The third-order valence-corrected chi connectivity index (χ3v) is 6.60. The van der Waals surface area contributed by atoms with E-state index < -0.39 is 4.92 Å². The fourth-order valence-corrected chi connectivity index (χ4v) is 4.49. The Bertz CT molecular complexity index is 1410. The average Bonchev–Trinajstić information content (AvgIpc) is 3.34. The summed E-state index contributed by atoms with van der Waals surface area (Å²) in [5, 5.41) is 12.1. The number of carbonyl (C=O) groups excluding carboxylic acids is 2. The van der Waals surface area contributed by atoms with Crippen LogP contribution >= 0.6 is 0 Å². The SMILES string of the molecule is CCCN(CC(=O)N(CCc1c[nH]c2ccccc12)Cc1ccc(C)cc1)C(=O)c1ccc([N+](=O)[O-])cc1. The molecule has 0 saturated carbocycles. The molecule has 1 N–H and O–H groups in total. The highest BCUT2D eigenvalue weighted by molar-refractivity contribution is 5.96. The van der Waals surface area contributed by atoms with Gasteiger partial charge in [0.05, 0.1) is 4.92 Å². The molecule has 8 nitrogen and oxygen atoms in total. The van der Waals surface area contributed by atoms with Crippen molar-refractivity contribution in [3.8, 4) is 0 Å². The summed E-state index contributed by atoms with van der Waals surface area (Å²) in [6.07, 6.45) is 3.34. The number of aromatic nitrogens is 1. The Morgan fingerprint density at radius 1 is 0.921 bits per heavy atom. The molecule has 1 aromatic heterocycles. The Morgan fingerprint density at radius 3 is 2.32 bits per heavy atom. The Balaban J connectivity index is 1.53. The number of para-hydroxylation sites is 1. The molecule has 0 atom stereocenters. The predicted molar refractivity (Wildman–Crippen MR) is 148 cm³/mol. The van der Waals surface area contributed by atoms with E-state index in [1.165, 1.54) is 29.2 Å². The van der Waals surface area contributed by atoms with Gasteiger partial charge in [0.25, 0.3) is 11.6 Å². The van der Waals surface area contributed by atoms with Gasteiger partial charge in [-0.1, -0.05) is 55.0 Å². The Labute approximate surface area is 222 Å². The topological polar surface area (TPSA) is 99.6 Å². The summed E-state index contributed by atoms with van der Waals surface area (Å²) >= 11 is 0. The van der Waals surface area contributed by atoms with Gasteiger partial charge in [-0.3, -0.25) is 19.7 Å². The lowest BCUT2D eigenvalue weighted by atomic mass is 10.1. The zero-order chi connectivity index (χ0) is 27.1. The van der Waals surface area contributed by atoms with Crippen molar-refractivity contribution < 1.29 is 14.5 Å². The molecule has 0 aliphatic carbocycles. The summed E-state index contributed by atoms with van der Waals surface area (Å²) in [6.45, 7) is 5.25. The number of carbonyl (C=O) groups is 2. The smallest absolute Gasteiger partial charge is 0.269 e. The van der Waals surface area contributed by atoms with Crippen LogP contribution in [-0.2, 0) is 17.8 Å². The van der Waals surface area contributed by atoms with E-state index in [1.54, 1.807) is 4.90 Å². The highest BCUT2D eigenvalue weighted by Crippen LogP contribution is 2.19. The van der Waals surface area contributed by atoms with Crippen LogP contribution in [0.2, 0.25) is 0 Å². The molecule has 0 aliphatic rings. The van der Waals surface area contributed by atoms with Crippen LogP contribution in [0.5, 0.6) is 0 Å². The predicted octanol–water partition coefficient (Wildman–Crippen LogP) is 5.51. The Morgan fingerprint density at radius 2 is 1.63 bits per heavy atom. The molecule has 8 heteroatoms. The largest absolute Gasteiger partial charge is 0.361 e. The number of hydrogen-bond donors (Lipinski definition) is 1. The third-order valence-electron chi connectivity index (χ3n) is 6.60. The molecule has 0 radical (unpaired) electrons. The number of benzene rings is 3. The number of nitrogens with one attached hydrogen (secondary N) is 1. The van der Waals surface area contributed by atoms with Crippen LogP contribution in [0.15, 0.2) is 79.0 Å². The van der Waals surface area contributed by atoms with Crippen molar-refractivity contribution in [1.82, 2.24) is 14.8 Å². The molecule has 4 aromatic rings. The van der Waals surface area contributed by atoms with Crippen LogP contribution in [0.4, 0.5) is 5.69 Å². The van der Waals surface area contributed by atoms with Crippen LogP contribution < -0.4 is 0 Å². The van der Waals surface area contributed by atoms with Gasteiger partial charge in [0.1, 0.15) is 6.54 Å². The highest BCUT2D eigenvalue weighted by Gasteiger charge is 2.23. The summed E-state index contributed by atoms with van der Waals surface area (Å²) < 4.78 is 0. The van der Waals surface area contributed by atoms with Crippen molar-refractivity contribution in [1.29, 1.82) is 0 Å². The van der Waals surface area contributed by atoms with Crippen LogP contribution in [0, 0.1) is 17.0 Å². The summed E-state index contributed by atoms with van der Waals surface area (Å²) in [5.41, 5.74) is 4.60. The minimum atomic E-state index is -0.502. The Hall–Kier alpha value is -4.46. The number of hydrogen-bond acceptors (Lipinski definition) is 4. The molecular weight excluding hydrogens is 480 g/mol. The first-order valence-corrected chi connectivity index (χ1v) is 12.8. The van der Waals surface area contributed by atoms with Gasteiger partial charge < -0.3 is 14.8 Å². The summed E-state index contributed by atoms with van der Waals surface area (Å²) in [5.74, 6) is -0.462. The number of aromatic amines is 1. The first-order valence-electron chi connectivity index (χ1n) is 12.8. The highest BCUT2D eigenvalue weighted by atomic mass is 16.6. The normalized spacial score (nSPS) is 10.9. The van der Waals surface area contributed by atoms with E-state index in [1.807, 2.05) is 62.5 Å². The molecule has 0 bridgehead atoms. The number of nitro groups is 1. The Kier molecular flexibility index (Phi) is 8.53. The number of nitro benzene ring substituents is 1. The molecule has 0 spiro atoms. The number of amides is 2. The number of non-ortho nitro benzene ring substituents is 1. The molecule has 196 valence electrons. The van der Waals surface area contributed by atoms with Crippen molar-refractivity contribution >= 4 is 28.4 Å². The van der Waals surface area contributed by atoms with E-state index in [0.29, 0.717) is 38.0 Å². The fraction of sp³-hybridized carbons (Fsp3) is 0.267. The maximum atomic E-state index is 13.6. The second kappa shape index (κ2) is 12.2. The lowest BCUT2D eigenvalue weighted by Gasteiger charge is -2.28. The standard InChI is InChI=1S/C30H32N4O4/c1-3-17-33(30(36)24-12-14-26(15-13-24)34(37)38)21-29(35)32(20-23-10-8-22(2)9-11-23)18-16-25-19-31-28-7-5-4-6-27(25)28/h4-15,19,31H,3,16-18,20-21H2,1-2H3. The molecule has 0 saturated heterocycles. The van der Waals surface area contributed by atoms with Crippen molar-refractivity contribution in [2.45, 2.75) is 33.2 Å². The molecule has 38 heavy (non-hydrogen) atoms. The molecule has 1 heterocycles. The monoisotopic (exact) mass is 512 g/mol. The van der Waals surface area contributed by atoms with Gasteiger partial charge in [0, 0.05) is 54.4 Å². The fourth-order valence-electron chi connectivity index (χ4n) is 4.49. The van der Waals surface area contributed by atoms with E-state index in [4.69, 9.17) is 0 Å². The summed E-state index contributed by atoms with van der Waals surface area (Å²) in [4.78, 5) is 44.0. The van der Waals surface area contributed by atoms with Crippen LogP contribution in [0.1, 0.15) is 40.4 Å². The van der Waals surface area contributed by atoms with Crippen molar-refractivity contribution in [3.05, 3.63) is 111 Å². The average molecular weight is 513 g/mol. The van der Waals surface area contributed by atoms with E-state index in [0.717, 1.165) is 27.6 Å². The van der Waals surface area contributed by atoms with E-state index in [-0.39, 0.29) is 24.0 Å².